The van der Waals surface area contributed by atoms with E-state index in [1.54, 1.807) is 6.07 Å². The molecule has 0 saturated carbocycles. The fraction of sp³-hybridized carbons (Fsp3) is 0.111. The van der Waals surface area contributed by atoms with Gasteiger partial charge >= 0.3 is 0 Å². The summed E-state index contributed by atoms with van der Waals surface area (Å²) in [7, 11) is 0. The van der Waals surface area contributed by atoms with E-state index in [9.17, 15) is 5.11 Å². The van der Waals surface area contributed by atoms with E-state index in [4.69, 9.17) is 14.7 Å². The van der Waals surface area contributed by atoms with Crippen LogP contribution >= 0.6 is 0 Å². The van der Waals surface area contributed by atoms with E-state index >= 15 is 0 Å². The van der Waals surface area contributed by atoms with Crippen molar-refractivity contribution < 1.29 is 9.84 Å². The summed E-state index contributed by atoms with van der Waals surface area (Å²) in [5.41, 5.74) is 7.14. The second kappa shape index (κ2) is 10.1. The molecule has 3 heterocycles. The van der Waals surface area contributed by atoms with Gasteiger partial charge < -0.3 is 9.84 Å². The summed E-state index contributed by atoms with van der Waals surface area (Å²) in [6.45, 7) is 4.23. The molecule has 41 heavy (non-hydrogen) atoms. The van der Waals surface area contributed by atoms with Crippen molar-refractivity contribution in [3.8, 4) is 34.3 Å². The molecule has 0 aliphatic carbocycles. The smallest absolute Gasteiger partial charge is 0.220 e. The quantitative estimate of drug-likeness (QED) is 0.231. The van der Waals surface area contributed by atoms with Crippen molar-refractivity contribution in [1.82, 2.24) is 14.5 Å². The number of ether oxygens (including phenoxy) is 1. The van der Waals surface area contributed by atoms with Gasteiger partial charge in [0.1, 0.15) is 22.8 Å². The Morgan fingerprint density at radius 1 is 0.707 bits per heavy atom. The predicted octanol–water partition coefficient (Wildman–Crippen LogP) is 9.02. The minimum absolute atomic E-state index is 0.165. The van der Waals surface area contributed by atoms with Crippen LogP contribution in [0.15, 0.2) is 109 Å². The Hall–Kier alpha value is -5.16. The van der Waals surface area contributed by atoms with Crippen LogP contribution in [0.1, 0.15) is 25.0 Å². The Kier molecular flexibility index (Phi) is 6.12. The largest absolute Gasteiger partial charge is 0.506 e. The van der Waals surface area contributed by atoms with Crippen LogP contribution in [0.5, 0.6) is 17.4 Å². The van der Waals surface area contributed by atoms with Gasteiger partial charge in [-0.15, -0.1) is 0 Å². The second-order valence-corrected chi connectivity index (χ2v) is 10.2. The summed E-state index contributed by atoms with van der Waals surface area (Å²) in [5, 5.41) is 13.9. The SMILES string of the molecule is CCc1ccc(O)c2nc(Oc3ccc4c5ccccc5n(-c5ccc(-c6ccccc6)cn5)c4c3)cc(CC)c12. The second-order valence-electron chi connectivity index (χ2n) is 10.2. The molecule has 7 rings (SSSR count). The number of rotatable bonds is 6. The topological polar surface area (TPSA) is 60.2 Å². The summed E-state index contributed by atoms with van der Waals surface area (Å²) in [6.07, 6.45) is 3.60. The number of benzene rings is 4. The average Bonchev–Trinajstić information content (AvgIpc) is 3.35. The number of aromatic hydroxyl groups is 1. The van der Waals surface area contributed by atoms with Crippen LogP contribution in [-0.4, -0.2) is 19.6 Å². The number of aromatic nitrogens is 3. The maximum absolute atomic E-state index is 10.6. The number of para-hydroxylation sites is 1. The van der Waals surface area contributed by atoms with E-state index < -0.39 is 0 Å². The molecule has 0 amide bonds. The number of nitrogens with zero attached hydrogens (tertiary/aromatic N) is 3. The third-order valence-corrected chi connectivity index (χ3v) is 7.80. The molecule has 3 aromatic heterocycles. The minimum Gasteiger partial charge on any atom is -0.506 e. The summed E-state index contributed by atoms with van der Waals surface area (Å²) >= 11 is 0. The molecule has 0 aliphatic rings. The highest BCUT2D eigenvalue weighted by Gasteiger charge is 2.16. The number of hydrogen-bond acceptors (Lipinski definition) is 4. The number of hydrogen-bond donors (Lipinski definition) is 1. The number of phenolic OH excluding ortho intramolecular Hbond substituents is 1. The van der Waals surface area contributed by atoms with Crippen molar-refractivity contribution in [2.45, 2.75) is 26.7 Å². The van der Waals surface area contributed by atoms with E-state index in [-0.39, 0.29) is 5.75 Å². The average molecular weight is 536 g/mol. The molecule has 0 fully saturated rings. The molecule has 0 spiro atoms. The highest BCUT2D eigenvalue weighted by Crippen LogP contribution is 2.37. The summed E-state index contributed by atoms with van der Waals surface area (Å²) < 4.78 is 8.55. The van der Waals surface area contributed by atoms with Crippen LogP contribution in [0.3, 0.4) is 0 Å². The molecular weight excluding hydrogens is 506 g/mol. The van der Waals surface area contributed by atoms with E-state index in [1.165, 1.54) is 5.56 Å². The van der Waals surface area contributed by atoms with Gasteiger partial charge in [0.25, 0.3) is 0 Å². The maximum atomic E-state index is 10.6. The number of fused-ring (bicyclic) bond motifs is 4. The van der Waals surface area contributed by atoms with E-state index in [1.807, 2.05) is 48.7 Å². The van der Waals surface area contributed by atoms with Crippen molar-refractivity contribution in [3.63, 3.8) is 0 Å². The van der Waals surface area contributed by atoms with Gasteiger partial charge in [0, 0.05) is 40.1 Å². The number of pyridine rings is 2. The molecule has 0 atom stereocenters. The van der Waals surface area contributed by atoms with Crippen molar-refractivity contribution in [2.75, 3.05) is 0 Å². The van der Waals surface area contributed by atoms with Gasteiger partial charge in [0.2, 0.25) is 5.88 Å². The Labute approximate surface area is 238 Å². The zero-order chi connectivity index (χ0) is 27.9. The van der Waals surface area contributed by atoms with Gasteiger partial charge in [-0.05, 0) is 65.9 Å². The van der Waals surface area contributed by atoms with Crippen molar-refractivity contribution in [2.24, 2.45) is 0 Å². The van der Waals surface area contributed by atoms with Crippen LogP contribution < -0.4 is 4.74 Å². The standard InChI is InChI=1S/C36H29N3O2/c1-3-23-14-18-32(40)36-35(23)24(4-2)20-34(38-36)41-27-16-17-29-28-12-8-9-13-30(28)39(31(29)21-27)33-19-15-26(22-37-33)25-10-6-5-7-11-25/h5-22,40H,3-4H2,1-2H3. The lowest BCUT2D eigenvalue weighted by Crippen LogP contribution is -1.98. The Bertz CT molecular complexity index is 2040. The molecule has 0 radical (unpaired) electrons. The summed E-state index contributed by atoms with van der Waals surface area (Å²) in [6, 6.07) is 34.6. The van der Waals surface area contributed by atoms with Crippen molar-refractivity contribution >= 4 is 32.7 Å². The normalized spacial score (nSPS) is 11.5. The van der Waals surface area contributed by atoms with Gasteiger partial charge in [-0.1, -0.05) is 68.4 Å². The van der Waals surface area contributed by atoms with Crippen LogP contribution in [0.25, 0.3) is 49.7 Å². The van der Waals surface area contributed by atoms with Gasteiger partial charge in [-0.25, -0.2) is 9.97 Å². The molecular formula is C36H29N3O2. The highest BCUT2D eigenvalue weighted by atomic mass is 16.5. The molecule has 1 N–H and O–H groups in total. The lowest BCUT2D eigenvalue weighted by atomic mass is 9.99. The molecule has 5 heteroatoms. The molecule has 7 aromatic rings. The first-order valence-corrected chi connectivity index (χ1v) is 14.0. The molecule has 5 nitrogen and oxygen atoms in total. The lowest BCUT2D eigenvalue weighted by molar-refractivity contribution is 0.459. The fourth-order valence-corrected chi connectivity index (χ4v) is 5.78. The fourth-order valence-electron chi connectivity index (χ4n) is 5.78. The molecule has 0 aliphatic heterocycles. The first kappa shape index (κ1) is 24.9. The van der Waals surface area contributed by atoms with Gasteiger partial charge in [-0.2, -0.15) is 0 Å². The van der Waals surface area contributed by atoms with Gasteiger partial charge in [-0.3, -0.25) is 4.57 Å². The molecule has 0 bridgehead atoms. The monoisotopic (exact) mass is 535 g/mol. The van der Waals surface area contributed by atoms with Crippen LogP contribution in [0.2, 0.25) is 0 Å². The molecule has 200 valence electrons. The van der Waals surface area contributed by atoms with Crippen LogP contribution in [0.4, 0.5) is 0 Å². The van der Waals surface area contributed by atoms with Gasteiger partial charge in [0.05, 0.1) is 11.0 Å². The third kappa shape index (κ3) is 4.27. The number of phenols is 1. The zero-order valence-electron chi connectivity index (χ0n) is 23.0. The van der Waals surface area contributed by atoms with E-state index in [0.717, 1.165) is 62.5 Å². The number of aryl methyl sites for hydroxylation is 2. The predicted molar refractivity (Wildman–Crippen MR) is 166 cm³/mol. The maximum Gasteiger partial charge on any atom is 0.220 e. The first-order chi connectivity index (χ1) is 20.1. The van der Waals surface area contributed by atoms with Crippen molar-refractivity contribution in [3.05, 3.63) is 120 Å². The Morgan fingerprint density at radius 3 is 2.27 bits per heavy atom. The van der Waals surface area contributed by atoms with E-state index in [0.29, 0.717) is 17.1 Å². The molecule has 4 aromatic carbocycles. The highest BCUT2D eigenvalue weighted by molar-refractivity contribution is 6.09. The molecule has 0 unspecified atom stereocenters. The minimum atomic E-state index is 0.165. The van der Waals surface area contributed by atoms with Crippen LogP contribution in [0, 0.1) is 0 Å². The van der Waals surface area contributed by atoms with Gasteiger partial charge in [0.15, 0.2) is 0 Å². The van der Waals surface area contributed by atoms with E-state index in [2.05, 4.69) is 73.0 Å². The Morgan fingerprint density at radius 2 is 1.49 bits per heavy atom. The Balaban J connectivity index is 1.34. The lowest BCUT2D eigenvalue weighted by Gasteiger charge is -2.14. The zero-order valence-corrected chi connectivity index (χ0v) is 23.0. The molecule has 0 saturated heterocycles. The summed E-state index contributed by atoms with van der Waals surface area (Å²) in [5.74, 6) is 2.13. The first-order valence-electron chi connectivity index (χ1n) is 14.0. The third-order valence-electron chi connectivity index (χ3n) is 7.80. The van der Waals surface area contributed by atoms with Crippen LogP contribution in [-0.2, 0) is 12.8 Å². The summed E-state index contributed by atoms with van der Waals surface area (Å²) in [4.78, 5) is 9.61. The van der Waals surface area contributed by atoms with Crippen molar-refractivity contribution in [1.29, 1.82) is 0 Å².